The molecule has 1 fully saturated rings. The summed E-state index contributed by atoms with van der Waals surface area (Å²) in [6.45, 7) is 1.61. The lowest BCUT2D eigenvalue weighted by Gasteiger charge is -2.30. The van der Waals surface area contributed by atoms with Crippen LogP contribution in [0.5, 0.6) is 0 Å². The number of hydrogen-bond donors (Lipinski definition) is 0. The zero-order valence-electron chi connectivity index (χ0n) is 17.7. The van der Waals surface area contributed by atoms with Gasteiger partial charge in [0.05, 0.1) is 24.3 Å². The summed E-state index contributed by atoms with van der Waals surface area (Å²) in [5.74, 6) is 0.0158. The number of methoxy groups -OCH3 is 1. The molecular formula is C24H23N3O5. The topological polar surface area (TPSA) is 92.9 Å². The van der Waals surface area contributed by atoms with Crippen LogP contribution in [-0.2, 0) is 4.74 Å². The van der Waals surface area contributed by atoms with Crippen molar-refractivity contribution in [3.8, 4) is 0 Å². The monoisotopic (exact) mass is 433 g/mol. The molecule has 3 heterocycles. The lowest BCUT2D eigenvalue weighted by atomic mass is 9.96. The first-order valence-electron chi connectivity index (χ1n) is 10.7. The number of benzene rings is 2. The largest absolute Gasteiger partial charge is 0.440 e. The molecule has 8 nitrogen and oxygen atoms in total. The molecule has 1 aromatic heterocycles. The highest BCUT2D eigenvalue weighted by Crippen LogP contribution is 2.31. The summed E-state index contributed by atoms with van der Waals surface area (Å²) in [5, 5.41) is 0. The number of nitrogens with zero attached hydrogens (tertiary/aromatic N) is 3. The van der Waals surface area contributed by atoms with Gasteiger partial charge in [0.2, 0.25) is 0 Å². The predicted octanol–water partition coefficient (Wildman–Crippen LogP) is 3.09. The average molecular weight is 433 g/mol. The molecule has 3 amide bonds. The van der Waals surface area contributed by atoms with Gasteiger partial charge in [0.1, 0.15) is 5.52 Å². The number of para-hydroxylation sites is 2. The van der Waals surface area contributed by atoms with Crippen molar-refractivity contribution in [1.82, 2.24) is 14.8 Å². The molecule has 32 heavy (non-hydrogen) atoms. The van der Waals surface area contributed by atoms with E-state index in [0.717, 1.165) is 34.7 Å². The van der Waals surface area contributed by atoms with Gasteiger partial charge in [0.25, 0.3) is 17.7 Å². The molecule has 0 radical (unpaired) electrons. The fourth-order valence-electron chi connectivity index (χ4n) is 4.39. The molecule has 0 spiro atoms. The number of ether oxygens (including phenoxy) is 1. The molecule has 164 valence electrons. The quantitative estimate of drug-likeness (QED) is 0.574. The van der Waals surface area contributed by atoms with E-state index in [-0.39, 0.29) is 42.4 Å². The van der Waals surface area contributed by atoms with Gasteiger partial charge in [0, 0.05) is 31.7 Å². The van der Waals surface area contributed by atoms with Crippen molar-refractivity contribution in [2.24, 2.45) is 0 Å². The lowest BCUT2D eigenvalue weighted by Crippen LogP contribution is -2.38. The van der Waals surface area contributed by atoms with Gasteiger partial charge < -0.3 is 14.1 Å². The summed E-state index contributed by atoms with van der Waals surface area (Å²) in [6, 6.07) is 12.4. The van der Waals surface area contributed by atoms with E-state index in [4.69, 9.17) is 9.15 Å². The number of amides is 3. The molecule has 0 aliphatic carbocycles. The number of carbonyl (C=O) groups excluding carboxylic acids is 3. The van der Waals surface area contributed by atoms with Gasteiger partial charge >= 0.3 is 0 Å². The van der Waals surface area contributed by atoms with Crippen LogP contribution in [0, 0.1) is 0 Å². The number of aromatic nitrogens is 1. The van der Waals surface area contributed by atoms with Gasteiger partial charge in [-0.3, -0.25) is 19.3 Å². The normalized spacial score (nSPS) is 16.8. The van der Waals surface area contributed by atoms with Crippen LogP contribution in [0.3, 0.4) is 0 Å². The van der Waals surface area contributed by atoms with E-state index in [1.165, 1.54) is 13.2 Å². The van der Waals surface area contributed by atoms with Crippen LogP contribution < -0.4 is 0 Å². The van der Waals surface area contributed by atoms with Gasteiger partial charge in [-0.05, 0) is 43.2 Å². The van der Waals surface area contributed by atoms with Gasteiger partial charge in [-0.15, -0.1) is 0 Å². The summed E-state index contributed by atoms with van der Waals surface area (Å²) >= 11 is 0. The highest BCUT2D eigenvalue weighted by atomic mass is 16.5. The number of fused-ring (bicyclic) bond motifs is 2. The summed E-state index contributed by atoms with van der Waals surface area (Å²) in [5.41, 5.74) is 2.64. The van der Waals surface area contributed by atoms with Gasteiger partial charge in [-0.25, -0.2) is 4.98 Å². The maximum atomic E-state index is 13.1. The molecule has 3 aromatic rings. The number of imide groups is 1. The second-order valence-corrected chi connectivity index (χ2v) is 8.10. The minimum Gasteiger partial charge on any atom is -0.440 e. The minimum absolute atomic E-state index is 0.139. The molecule has 2 aliphatic heterocycles. The van der Waals surface area contributed by atoms with Crippen LogP contribution in [0.4, 0.5) is 0 Å². The van der Waals surface area contributed by atoms with Crippen LogP contribution in [0.25, 0.3) is 11.1 Å². The molecule has 8 heteroatoms. The average Bonchev–Trinajstić information content (AvgIpc) is 3.36. The molecule has 0 atom stereocenters. The fourth-order valence-corrected chi connectivity index (χ4v) is 4.39. The second-order valence-electron chi connectivity index (χ2n) is 8.10. The van der Waals surface area contributed by atoms with Gasteiger partial charge in [0.15, 0.2) is 11.5 Å². The fraction of sp³-hybridized carbons (Fsp3) is 0.333. The first-order chi connectivity index (χ1) is 15.6. The Morgan fingerprint density at radius 3 is 2.59 bits per heavy atom. The Morgan fingerprint density at radius 2 is 1.84 bits per heavy atom. The van der Waals surface area contributed by atoms with Crippen molar-refractivity contribution in [2.75, 3.05) is 33.4 Å². The zero-order chi connectivity index (χ0) is 22.2. The van der Waals surface area contributed by atoms with Crippen LogP contribution in [0.15, 0.2) is 46.9 Å². The maximum absolute atomic E-state index is 13.1. The molecule has 5 rings (SSSR count). The zero-order valence-corrected chi connectivity index (χ0v) is 17.7. The van der Waals surface area contributed by atoms with Gasteiger partial charge in [-0.2, -0.15) is 0 Å². The number of hydrogen-bond acceptors (Lipinski definition) is 6. The molecule has 1 saturated heterocycles. The molecule has 0 unspecified atom stereocenters. The smallest absolute Gasteiger partial charge is 0.261 e. The van der Waals surface area contributed by atoms with E-state index < -0.39 is 0 Å². The highest BCUT2D eigenvalue weighted by Gasteiger charge is 2.36. The first kappa shape index (κ1) is 20.4. The summed E-state index contributed by atoms with van der Waals surface area (Å²) < 4.78 is 10.9. The highest BCUT2D eigenvalue weighted by molar-refractivity contribution is 6.22. The van der Waals surface area contributed by atoms with Crippen LogP contribution in [0.2, 0.25) is 0 Å². The Labute approximate surface area is 184 Å². The minimum atomic E-state index is -0.383. The van der Waals surface area contributed by atoms with Crippen LogP contribution >= 0.6 is 0 Å². The van der Waals surface area contributed by atoms with E-state index in [1.807, 2.05) is 24.3 Å². The number of likely N-dealkylation sites (tertiary alicyclic amines) is 1. The van der Waals surface area contributed by atoms with Crippen LogP contribution in [-0.4, -0.2) is 65.9 Å². The van der Waals surface area contributed by atoms with E-state index >= 15 is 0 Å². The Hall–Kier alpha value is -3.52. The van der Waals surface area contributed by atoms with Crippen molar-refractivity contribution < 1.29 is 23.5 Å². The van der Waals surface area contributed by atoms with E-state index in [1.54, 1.807) is 17.0 Å². The SMILES string of the molecule is COCCN1C(=O)c2ccc(C(=O)N3CCC(c4nc5ccccc5o4)CC3)cc2C1=O. The summed E-state index contributed by atoms with van der Waals surface area (Å²) in [6.07, 6.45) is 1.51. The first-order valence-corrected chi connectivity index (χ1v) is 10.7. The Balaban J connectivity index is 1.27. The van der Waals surface area contributed by atoms with E-state index in [2.05, 4.69) is 4.98 Å². The number of piperidine rings is 1. The molecule has 2 aromatic carbocycles. The van der Waals surface area contributed by atoms with Crippen LogP contribution in [0.1, 0.15) is 55.7 Å². The molecular weight excluding hydrogens is 410 g/mol. The van der Waals surface area contributed by atoms with E-state index in [9.17, 15) is 14.4 Å². The Bertz CT molecular complexity index is 1180. The van der Waals surface area contributed by atoms with Crippen molar-refractivity contribution >= 4 is 28.8 Å². The van der Waals surface area contributed by atoms with Crippen molar-refractivity contribution in [2.45, 2.75) is 18.8 Å². The summed E-state index contributed by atoms with van der Waals surface area (Å²) in [4.78, 5) is 45.7. The van der Waals surface area contributed by atoms with Crippen molar-refractivity contribution in [1.29, 1.82) is 0 Å². The number of oxazole rings is 1. The van der Waals surface area contributed by atoms with Crippen molar-refractivity contribution in [3.05, 3.63) is 65.0 Å². The van der Waals surface area contributed by atoms with Crippen molar-refractivity contribution in [3.63, 3.8) is 0 Å². The third-order valence-corrected chi connectivity index (χ3v) is 6.18. The Morgan fingerprint density at radius 1 is 1.09 bits per heavy atom. The Kier molecular flexibility index (Phi) is 5.22. The lowest BCUT2D eigenvalue weighted by molar-refractivity contribution is 0.0603. The second kappa shape index (κ2) is 8.20. The third-order valence-electron chi connectivity index (χ3n) is 6.18. The molecule has 2 aliphatic rings. The molecule has 0 N–H and O–H groups in total. The standard InChI is InChI=1S/C24H23N3O5/c1-31-13-12-27-23(29)17-7-6-16(14-18(17)24(27)30)22(28)26-10-8-15(9-11-26)21-25-19-4-2-3-5-20(19)32-21/h2-7,14-15H,8-13H2,1H3. The number of carbonyl (C=O) groups is 3. The van der Waals surface area contributed by atoms with Gasteiger partial charge in [-0.1, -0.05) is 12.1 Å². The van der Waals surface area contributed by atoms with E-state index in [0.29, 0.717) is 24.2 Å². The summed E-state index contributed by atoms with van der Waals surface area (Å²) in [7, 11) is 1.52. The molecule has 0 bridgehead atoms. The number of rotatable bonds is 5. The predicted molar refractivity (Wildman–Crippen MR) is 116 cm³/mol. The maximum Gasteiger partial charge on any atom is 0.261 e. The third kappa shape index (κ3) is 3.46. The molecule has 0 saturated carbocycles.